The highest BCUT2D eigenvalue weighted by Gasteiger charge is 2.35. The molecule has 11 nitrogen and oxygen atoms in total. The monoisotopic (exact) mass is 509 g/mol. The topological polar surface area (TPSA) is 123 Å². The number of hydrogen-bond donors (Lipinski definition) is 3. The second kappa shape index (κ2) is 11.4. The molecule has 4 rings (SSSR count). The quantitative estimate of drug-likeness (QED) is 0.453. The molecule has 0 aliphatic carbocycles. The lowest BCUT2D eigenvalue weighted by molar-refractivity contribution is -0.132. The van der Waals surface area contributed by atoms with E-state index in [1.54, 1.807) is 12.1 Å². The van der Waals surface area contributed by atoms with E-state index in [0.29, 0.717) is 40.8 Å². The standard InChI is InChI=1S/C23H32ClN5O6/c1-13-7-21(27-29(13)12-22(30)25-11-14-5-4-6-34-14)26-23(31)20-9-17(28-35-20)15-8-16(24)19(33-3)10-18(15)32-2/h8,10,13-14,20-21,27H,4-7,9,11-12H2,1-3H3,(H,25,30)(H,26,31). The number of oxime groups is 1. The first-order valence-electron chi connectivity index (χ1n) is 11.7. The molecule has 192 valence electrons. The molecule has 4 unspecified atom stereocenters. The van der Waals surface area contributed by atoms with Gasteiger partial charge in [0.25, 0.3) is 5.91 Å². The Balaban J connectivity index is 1.26. The lowest BCUT2D eigenvalue weighted by Crippen LogP contribution is -2.51. The summed E-state index contributed by atoms with van der Waals surface area (Å²) in [5.41, 5.74) is 4.40. The van der Waals surface area contributed by atoms with Crippen LogP contribution in [0, 0.1) is 0 Å². The number of ether oxygens (including phenoxy) is 3. The number of amides is 2. The molecular weight excluding hydrogens is 478 g/mol. The van der Waals surface area contributed by atoms with Crippen LogP contribution >= 0.6 is 11.6 Å². The number of hydrazine groups is 1. The average Bonchev–Trinajstić information content (AvgIpc) is 3.60. The second-order valence-electron chi connectivity index (χ2n) is 8.87. The highest BCUT2D eigenvalue weighted by atomic mass is 35.5. The summed E-state index contributed by atoms with van der Waals surface area (Å²) < 4.78 is 16.2. The zero-order chi connectivity index (χ0) is 24.9. The van der Waals surface area contributed by atoms with Crippen LogP contribution < -0.4 is 25.5 Å². The van der Waals surface area contributed by atoms with E-state index in [1.807, 2.05) is 11.9 Å². The van der Waals surface area contributed by atoms with Crippen LogP contribution in [0.5, 0.6) is 11.5 Å². The van der Waals surface area contributed by atoms with Crippen LogP contribution in [0.2, 0.25) is 5.02 Å². The molecule has 0 spiro atoms. The van der Waals surface area contributed by atoms with Gasteiger partial charge in [-0.05, 0) is 32.3 Å². The van der Waals surface area contributed by atoms with Crippen molar-refractivity contribution in [2.75, 3.05) is 33.9 Å². The summed E-state index contributed by atoms with van der Waals surface area (Å²) in [6.45, 7) is 3.46. The molecule has 0 bridgehead atoms. The number of nitrogens with one attached hydrogen (secondary N) is 3. The highest BCUT2D eigenvalue weighted by Crippen LogP contribution is 2.34. The van der Waals surface area contributed by atoms with Crippen LogP contribution in [0.1, 0.15) is 38.2 Å². The normalized spacial score (nSPS) is 26.2. The van der Waals surface area contributed by atoms with Crippen molar-refractivity contribution in [1.29, 1.82) is 0 Å². The molecular formula is C23H32ClN5O6. The second-order valence-corrected chi connectivity index (χ2v) is 9.27. The van der Waals surface area contributed by atoms with Gasteiger partial charge in [-0.1, -0.05) is 16.8 Å². The molecule has 3 heterocycles. The van der Waals surface area contributed by atoms with Gasteiger partial charge in [0.05, 0.1) is 43.8 Å². The van der Waals surface area contributed by atoms with Gasteiger partial charge in [-0.3, -0.25) is 9.59 Å². The van der Waals surface area contributed by atoms with Gasteiger partial charge in [0.2, 0.25) is 12.0 Å². The molecule has 2 fully saturated rings. The van der Waals surface area contributed by atoms with E-state index in [0.717, 1.165) is 19.4 Å². The zero-order valence-electron chi connectivity index (χ0n) is 20.1. The molecule has 35 heavy (non-hydrogen) atoms. The maximum absolute atomic E-state index is 12.8. The SMILES string of the molecule is COc1cc(OC)c(C2=NOC(C(=O)NC3CC(C)N(CC(=O)NCC4CCCO4)N3)C2)cc1Cl. The third-order valence-corrected chi connectivity index (χ3v) is 6.65. The van der Waals surface area contributed by atoms with Gasteiger partial charge in [0.1, 0.15) is 11.5 Å². The molecule has 1 aromatic rings. The summed E-state index contributed by atoms with van der Waals surface area (Å²) >= 11 is 6.26. The number of halogens is 1. The van der Waals surface area contributed by atoms with Gasteiger partial charge in [0.15, 0.2) is 0 Å². The van der Waals surface area contributed by atoms with Crippen molar-refractivity contribution in [1.82, 2.24) is 21.1 Å². The third-order valence-electron chi connectivity index (χ3n) is 6.36. The maximum atomic E-state index is 12.8. The van der Waals surface area contributed by atoms with Gasteiger partial charge >= 0.3 is 0 Å². The van der Waals surface area contributed by atoms with Gasteiger partial charge in [-0.2, -0.15) is 0 Å². The number of nitrogens with zero attached hydrogens (tertiary/aromatic N) is 2. The number of methoxy groups -OCH3 is 2. The van der Waals surface area contributed by atoms with E-state index in [9.17, 15) is 9.59 Å². The number of rotatable bonds is 9. The first-order valence-corrected chi connectivity index (χ1v) is 12.1. The molecule has 0 radical (unpaired) electrons. The summed E-state index contributed by atoms with van der Waals surface area (Å²) in [4.78, 5) is 30.6. The van der Waals surface area contributed by atoms with Gasteiger partial charge < -0.3 is 29.7 Å². The number of carbonyl (C=O) groups is 2. The van der Waals surface area contributed by atoms with E-state index in [2.05, 4.69) is 21.2 Å². The molecule has 1 aromatic carbocycles. The van der Waals surface area contributed by atoms with Crippen LogP contribution in [0.4, 0.5) is 0 Å². The minimum Gasteiger partial charge on any atom is -0.496 e. The lowest BCUT2D eigenvalue weighted by Gasteiger charge is -2.21. The summed E-state index contributed by atoms with van der Waals surface area (Å²) in [7, 11) is 3.06. The third kappa shape index (κ3) is 6.16. The Morgan fingerprint density at radius 1 is 1.29 bits per heavy atom. The zero-order valence-corrected chi connectivity index (χ0v) is 20.9. The Labute approximate surface area is 209 Å². The predicted octanol–water partition coefficient (Wildman–Crippen LogP) is 1.19. The summed E-state index contributed by atoms with van der Waals surface area (Å²) in [6.07, 6.45) is 1.92. The molecule has 2 amide bonds. The molecule has 3 aliphatic heterocycles. The number of hydrogen-bond acceptors (Lipinski definition) is 9. The fourth-order valence-corrected chi connectivity index (χ4v) is 4.65. The Morgan fingerprint density at radius 2 is 2.09 bits per heavy atom. The Hall–Kier alpha value is -2.60. The van der Waals surface area contributed by atoms with Crippen LogP contribution in [-0.2, 0) is 19.2 Å². The fourth-order valence-electron chi connectivity index (χ4n) is 4.41. The molecule has 0 aromatic heterocycles. The first kappa shape index (κ1) is 25.5. The minimum absolute atomic E-state index is 0.0655. The van der Waals surface area contributed by atoms with Gasteiger partial charge in [-0.15, -0.1) is 0 Å². The number of carbonyl (C=O) groups excluding carboxylic acids is 2. The van der Waals surface area contributed by atoms with Crippen molar-refractivity contribution in [3.05, 3.63) is 22.7 Å². The molecule has 12 heteroatoms. The maximum Gasteiger partial charge on any atom is 0.265 e. The Bertz CT molecular complexity index is 970. The molecule has 3 aliphatic rings. The molecule has 0 saturated carbocycles. The lowest BCUT2D eigenvalue weighted by atomic mass is 10.0. The van der Waals surface area contributed by atoms with E-state index in [1.165, 1.54) is 14.2 Å². The van der Waals surface area contributed by atoms with Crippen molar-refractivity contribution in [3.8, 4) is 11.5 Å². The largest absolute Gasteiger partial charge is 0.496 e. The Morgan fingerprint density at radius 3 is 2.80 bits per heavy atom. The van der Waals surface area contributed by atoms with Crippen molar-refractivity contribution in [2.45, 2.75) is 57.0 Å². The molecule has 2 saturated heterocycles. The van der Waals surface area contributed by atoms with Crippen LogP contribution in [0.15, 0.2) is 17.3 Å². The van der Waals surface area contributed by atoms with Crippen molar-refractivity contribution >= 4 is 29.1 Å². The summed E-state index contributed by atoms with van der Waals surface area (Å²) in [5.74, 6) is 0.620. The van der Waals surface area contributed by atoms with Crippen LogP contribution in [0.3, 0.4) is 0 Å². The summed E-state index contributed by atoms with van der Waals surface area (Å²) in [6, 6.07) is 3.42. The number of benzene rings is 1. The molecule has 3 N–H and O–H groups in total. The predicted molar refractivity (Wildman–Crippen MR) is 128 cm³/mol. The van der Waals surface area contributed by atoms with E-state index < -0.39 is 6.10 Å². The van der Waals surface area contributed by atoms with E-state index in [4.69, 9.17) is 30.6 Å². The van der Waals surface area contributed by atoms with Crippen LogP contribution in [0.25, 0.3) is 0 Å². The van der Waals surface area contributed by atoms with Crippen molar-refractivity contribution < 1.29 is 28.6 Å². The van der Waals surface area contributed by atoms with Crippen molar-refractivity contribution in [2.24, 2.45) is 5.16 Å². The Kier molecular flexibility index (Phi) is 8.32. The fraction of sp³-hybridized carbons (Fsp3) is 0.609. The smallest absolute Gasteiger partial charge is 0.265 e. The highest BCUT2D eigenvalue weighted by molar-refractivity contribution is 6.32. The van der Waals surface area contributed by atoms with Gasteiger partial charge in [-0.25, -0.2) is 10.4 Å². The first-order chi connectivity index (χ1) is 16.9. The average molecular weight is 510 g/mol. The van der Waals surface area contributed by atoms with E-state index >= 15 is 0 Å². The van der Waals surface area contributed by atoms with Crippen molar-refractivity contribution in [3.63, 3.8) is 0 Å². The summed E-state index contributed by atoms with van der Waals surface area (Å²) in [5, 5.41) is 12.2. The minimum atomic E-state index is -0.781. The van der Waals surface area contributed by atoms with E-state index in [-0.39, 0.29) is 43.1 Å². The van der Waals surface area contributed by atoms with Crippen LogP contribution in [-0.4, -0.2) is 80.9 Å². The molecule has 4 atom stereocenters. The van der Waals surface area contributed by atoms with Gasteiger partial charge in [0, 0.05) is 37.2 Å².